The molecule has 3 rings (SSSR count). The van der Waals surface area contributed by atoms with Crippen LogP contribution in [-0.4, -0.2) is 10.9 Å². The van der Waals surface area contributed by atoms with Gasteiger partial charge >= 0.3 is 0 Å². The van der Waals surface area contributed by atoms with Crippen LogP contribution in [0.1, 0.15) is 47.7 Å². The first kappa shape index (κ1) is 15.7. The molecule has 1 heterocycles. The molecule has 0 aliphatic rings. The zero-order chi connectivity index (χ0) is 16.4. The first-order chi connectivity index (χ1) is 11.1. The number of hydrogen-bond donors (Lipinski definition) is 1. The predicted octanol–water partition coefficient (Wildman–Crippen LogP) is 5.37. The van der Waals surface area contributed by atoms with Gasteiger partial charge in [0.2, 0.25) is 0 Å². The fourth-order valence-electron chi connectivity index (χ4n) is 2.49. The summed E-state index contributed by atoms with van der Waals surface area (Å²) >= 11 is 1.52. The van der Waals surface area contributed by atoms with E-state index in [2.05, 4.69) is 36.3 Å². The molecule has 0 radical (unpaired) electrons. The van der Waals surface area contributed by atoms with Gasteiger partial charge in [-0.2, -0.15) is 0 Å². The summed E-state index contributed by atoms with van der Waals surface area (Å²) in [6, 6.07) is 13.9. The van der Waals surface area contributed by atoms with E-state index in [9.17, 15) is 4.79 Å². The molecule has 0 aliphatic heterocycles. The van der Waals surface area contributed by atoms with E-state index < -0.39 is 0 Å². The molecule has 0 fully saturated rings. The lowest BCUT2D eigenvalue weighted by Gasteiger charge is -2.07. The smallest absolute Gasteiger partial charge is 0.257 e. The molecule has 0 bridgehead atoms. The maximum absolute atomic E-state index is 12.3. The lowest BCUT2D eigenvalue weighted by molar-refractivity contribution is 0.102. The molecule has 1 N–H and O–H groups in total. The number of nitrogens with zero attached hydrogens (tertiary/aromatic N) is 1. The van der Waals surface area contributed by atoms with Crippen LogP contribution in [0.2, 0.25) is 0 Å². The second-order valence-corrected chi connectivity index (χ2v) is 6.91. The van der Waals surface area contributed by atoms with Crippen molar-refractivity contribution in [1.29, 1.82) is 0 Å². The summed E-state index contributed by atoms with van der Waals surface area (Å²) in [5, 5.41) is 3.55. The number of benzene rings is 2. The second kappa shape index (κ2) is 6.50. The summed E-state index contributed by atoms with van der Waals surface area (Å²) in [5.41, 5.74) is 3.98. The number of carbonyl (C=O) groups excluding carboxylic acids is 1. The summed E-state index contributed by atoms with van der Waals surface area (Å²) in [7, 11) is 0. The van der Waals surface area contributed by atoms with Crippen LogP contribution in [-0.2, 0) is 0 Å². The van der Waals surface area contributed by atoms with Gasteiger partial charge in [0, 0.05) is 5.56 Å². The van der Waals surface area contributed by atoms with Crippen LogP contribution in [0, 0.1) is 6.92 Å². The highest BCUT2D eigenvalue weighted by Gasteiger charge is 2.11. The molecule has 0 saturated carbocycles. The highest BCUT2D eigenvalue weighted by Crippen LogP contribution is 2.30. The van der Waals surface area contributed by atoms with Crippen LogP contribution < -0.4 is 5.32 Å². The fraction of sp³-hybridized carbons (Fsp3) is 0.263. The van der Waals surface area contributed by atoms with Gasteiger partial charge in [0.15, 0.2) is 5.13 Å². The van der Waals surface area contributed by atoms with Crippen LogP contribution in [0.4, 0.5) is 5.13 Å². The van der Waals surface area contributed by atoms with E-state index in [1.807, 2.05) is 37.3 Å². The third-order valence-electron chi connectivity index (χ3n) is 4.09. The van der Waals surface area contributed by atoms with Crippen molar-refractivity contribution in [3.05, 3.63) is 59.2 Å². The van der Waals surface area contributed by atoms with Crippen molar-refractivity contribution >= 4 is 32.6 Å². The summed E-state index contributed by atoms with van der Waals surface area (Å²) in [4.78, 5) is 16.8. The first-order valence-corrected chi connectivity index (χ1v) is 8.67. The predicted molar refractivity (Wildman–Crippen MR) is 97.5 cm³/mol. The minimum Gasteiger partial charge on any atom is -0.298 e. The Bertz CT molecular complexity index is 853. The number of hydrogen-bond acceptors (Lipinski definition) is 3. The minimum absolute atomic E-state index is 0.116. The van der Waals surface area contributed by atoms with Crippen LogP contribution in [0.15, 0.2) is 42.5 Å². The van der Waals surface area contributed by atoms with Gasteiger partial charge < -0.3 is 0 Å². The van der Waals surface area contributed by atoms with E-state index in [0.717, 1.165) is 22.2 Å². The molecule has 4 heteroatoms. The number of thiazole rings is 1. The van der Waals surface area contributed by atoms with E-state index in [1.165, 1.54) is 16.9 Å². The van der Waals surface area contributed by atoms with Crippen molar-refractivity contribution in [1.82, 2.24) is 4.98 Å². The lowest BCUT2D eigenvalue weighted by Crippen LogP contribution is -2.11. The third kappa shape index (κ3) is 3.42. The van der Waals surface area contributed by atoms with Gasteiger partial charge in [0.25, 0.3) is 5.91 Å². The third-order valence-corrected chi connectivity index (χ3v) is 5.03. The topological polar surface area (TPSA) is 42.0 Å². The van der Waals surface area contributed by atoms with E-state index >= 15 is 0 Å². The molecule has 118 valence electrons. The van der Waals surface area contributed by atoms with Crippen LogP contribution in [0.3, 0.4) is 0 Å². The highest BCUT2D eigenvalue weighted by atomic mass is 32.1. The monoisotopic (exact) mass is 324 g/mol. The normalized spacial score (nSPS) is 12.3. The Morgan fingerprint density at radius 1 is 1.26 bits per heavy atom. The summed E-state index contributed by atoms with van der Waals surface area (Å²) in [6.45, 7) is 6.39. The molecule has 1 aromatic heterocycles. The maximum atomic E-state index is 12.3. The number of anilines is 1. The molecule has 0 saturated heterocycles. The fourth-order valence-corrected chi connectivity index (χ4v) is 3.40. The van der Waals surface area contributed by atoms with Crippen LogP contribution in [0.5, 0.6) is 0 Å². The number of aryl methyl sites for hydroxylation is 1. The molecule has 1 amide bonds. The molecule has 0 aliphatic carbocycles. The zero-order valence-electron chi connectivity index (χ0n) is 13.6. The summed E-state index contributed by atoms with van der Waals surface area (Å²) in [6.07, 6.45) is 1.11. The van der Waals surface area contributed by atoms with Crippen molar-refractivity contribution in [2.45, 2.75) is 33.1 Å². The number of fused-ring (bicyclic) bond motifs is 1. The Morgan fingerprint density at radius 2 is 2.09 bits per heavy atom. The Hall–Kier alpha value is -2.20. The molecule has 23 heavy (non-hydrogen) atoms. The van der Waals surface area contributed by atoms with Crippen LogP contribution >= 0.6 is 11.3 Å². The number of nitrogens with one attached hydrogen (secondary N) is 1. The van der Waals surface area contributed by atoms with E-state index in [1.54, 1.807) is 0 Å². The Balaban J connectivity index is 1.84. The number of rotatable bonds is 4. The number of amides is 1. The molecule has 1 unspecified atom stereocenters. The molecule has 1 atom stereocenters. The van der Waals surface area contributed by atoms with Gasteiger partial charge in [-0.15, -0.1) is 0 Å². The van der Waals surface area contributed by atoms with Crippen molar-refractivity contribution in [3.8, 4) is 0 Å². The molecular weight excluding hydrogens is 304 g/mol. The van der Waals surface area contributed by atoms with E-state index in [4.69, 9.17) is 0 Å². The molecular formula is C19H20N2OS. The largest absolute Gasteiger partial charge is 0.298 e. The van der Waals surface area contributed by atoms with Crippen molar-refractivity contribution < 1.29 is 4.79 Å². The quantitative estimate of drug-likeness (QED) is 0.701. The van der Waals surface area contributed by atoms with Crippen LogP contribution in [0.25, 0.3) is 10.2 Å². The average Bonchev–Trinajstić information content (AvgIpc) is 2.95. The van der Waals surface area contributed by atoms with E-state index in [0.29, 0.717) is 16.6 Å². The van der Waals surface area contributed by atoms with Gasteiger partial charge in [0.05, 0.1) is 10.2 Å². The Kier molecular flexibility index (Phi) is 4.44. The highest BCUT2D eigenvalue weighted by molar-refractivity contribution is 7.22. The SMILES string of the molecule is CCC(C)c1ccc2nc(NC(=O)c3cccc(C)c3)sc2c1. The van der Waals surface area contributed by atoms with Crippen molar-refractivity contribution in [2.75, 3.05) is 5.32 Å². The summed E-state index contributed by atoms with van der Waals surface area (Å²) < 4.78 is 1.11. The summed E-state index contributed by atoms with van der Waals surface area (Å²) in [5.74, 6) is 0.418. The molecule has 0 spiro atoms. The van der Waals surface area contributed by atoms with Gasteiger partial charge in [-0.1, -0.05) is 48.9 Å². The molecule has 3 aromatic rings. The first-order valence-electron chi connectivity index (χ1n) is 7.85. The number of aromatic nitrogens is 1. The second-order valence-electron chi connectivity index (χ2n) is 5.88. The van der Waals surface area contributed by atoms with Gasteiger partial charge in [-0.3, -0.25) is 10.1 Å². The lowest BCUT2D eigenvalue weighted by atomic mass is 9.99. The van der Waals surface area contributed by atoms with Gasteiger partial charge in [-0.25, -0.2) is 4.98 Å². The Labute approximate surface area is 140 Å². The van der Waals surface area contributed by atoms with Crippen molar-refractivity contribution in [2.24, 2.45) is 0 Å². The maximum Gasteiger partial charge on any atom is 0.257 e. The van der Waals surface area contributed by atoms with Gasteiger partial charge in [0.1, 0.15) is 0 Å². The molecule has 2 aromatic carbocycles. The minimum atomic E-state index is -0.116. The van der Waals surface area contributed by atoms with E-state index in [-0.39, 0.29) is 5.91 Å². The van der Waals surface area contributed by atoms with Crippen molar-refractivity contribution in [3.63, 3.8) is 0 Å². The average molecular weight is 324 g/mol. The van der Waals surface area contributed by atoms with Gasteiger partial charge in [-0.05, 0) is 49.1 Å². The standard InChI is InChI=1S/C19H20N2OS/c1-4-13(3)14-8-9-16-17(11-14)23-19(20-16)21-18(22)15-7-5-6-12(2)10-15/h5-11,13H,4H2,1-3H3,(H,20,21,22). The zero-order valence-corrected chi connectivity index (χ0v) is 14.4. The molecule has 3 nitrogen and oxygen atoms in total. The Morgan fingerprint density at radius 3 is 2.83 bits per heavy atom. The number of carbonyl (C=O) groups is 1.